The van der Waals surface area contributed by atoms with Crippen LogP contribution in [0.5, 0.6) is 0 Å². The molecule has 0 aliphatic carbocycles. The summed E-state index contributed by atoms with van der Waals surface area (Å²) in [4.78, 5) is 38.3. The topological polar surface area (TPSA) is 78.9 Å². The summed E-state index contributed by atoms with van der Waals surface area (Å²) in [5.74, 6) is -0.944. The predicted molar refractivity (Wildman–Crippen MR) is 316 cm³/mol. The summed E-state index contributed by atoms with van der Waals surface area (Å²) >= 11 is 0. The van der Waals surface area contributed by atoms with Crippen LogP contribution in [0.2, 0.25) is 0 Å². The van der Waals surface area contributed by atoms with Gasteiger partial charge < -0.3 is 14.2 Å². The minimum atomic E-state index is -0.805. The van der Waals surface area contributed by atoms with Crippen LogP contribution >= 0.6 is 0 Å². The van der Waals surface area contributed by atoms with Crippen molar-refractivity contribution < 1.29 is 28.6 Å². The Labute approximate surface area is 450 Å². The van der Waals surface area contributed by atoms with Crippen LogP contribution in [0.15, 0.2) is 109 Å². The third kappa shape index (κ3) is 58.8. The van der Waals surface area contributed by atoms with Crippen LogP contribution in [-0.2, 0) is 28.6 Å². The van der Waals surface area contributed by atoms with E-state index >= 15 is 0 Å². The molecule has 0 aliphatic rings. The first-order valence-electron chi connectivity index (χ1n) is 30.4. The van der Waals surface area contributed by atoms with Crippen LogP contribution in [0, 0.1) is 0 Å². The molecular formula is C67H112O6. The number of esters is 3. The molecule has 6 heteroatoms. The Bertz CT molecular complexity index is 1490. The van der Waals surface area contributed by atoms with Crippen LogP contribution in [0.25, 0.3) is 0 Å². The number of unbranched alkanes of at least 4 members (excludes halogenated alkanes) is 28. The maximum Gasteiger partial charge on any atom is 0.306 e. The van der Waals surface area contributed by atoms with Crippen molar-refractivity contribution in [2.45, 2.75) is 284 Å². The first-order chi connectivity index (χ1) is 36.0. The molecule has 0 aromatic heterocycles. The molecule has 0 aliphatic heterocycles. The monoisotopic (exact) mass is 1010 g/mol. The van der Waals surface area contributed by atoms with Gasteiger partial charge in [0.15, 0.2) is 6.10 Å². The zero-order chi connectivity index (χ0) is 52.9. The molecule has 0 amide bonds. The number of carbonyl (C=O) groups is 3. The Morgan fingerprint density at radius 2 is 0.589 bits per heavy atom. The van der Waals surface area contributed by atoms with Crippen LogP contribution in [0.1, 0.15) is 278 Å². The van der Waals surface area contributed by atoms with Gasteiger partial charge >= 0.3 is 17.9 Å². The van der Waals surface area contributed by atoms with Gasteiger partial charge in [0.2, 0.25) is 0 Å². The van der Waals surface area contributed by atoms with E-state index in [0.717, 1.165) is 141 Å². The Balaban J connectivity index is 4.50. The SMILES string of the molecule is CC/C=C\C/C=C\C/C=C\C/C=C\CCCCCCCCC(=O)OCC(COC(=O)CCCCCCC/C=C\C=C/CCCCCCCCC)OC(=O)CCCCCCC\C=C/C=C\C=C/CCCCCCC. The first-order valence-corrected chi connectivity index (χ1v) is 30.4. The smallest absolute Gasteiger partial charge is 0.306 e. The molecule has 0 rings (SSSR count). The average Bonchev–Trinajstić information content (AvgIpc) is 3.39. The van der Waals surface area contributed by atoms with Gasteiger partial charge in [0.25, 0.3) is 0 Å². The summed E-state index contributed by atoms with van der Waals surface area (Å²) in [6.07, 6.45) is 82.2. The maximum absolute atomic E-state index is 12.9. The lowest BCUT2D eigenvalue weighted by Gasteiger charge is -2.18. The summed E-state index contributed by atoms with van der Waals surface area (Å²) in [5, 5.41) is 0. The molecule has 0 spiro atoms. The third-order valence-electron chi connectivity index (χ3n) is 12.8. The Kier molecular flexibility index (Phi) is 57.4. The molecule has 6 nitrogen and oxygen atoms in total. The van der Waals surface area contributed by atoms with Gasteiger partial charge in [0, 0.05) is 19.3 Å². The maximum atomic E-state index is 12.9. The molecule has 0 heterocycles. The van der Waals surface area contributed by atoms with Gasteiger partial charge in [-0.15, -0.1) is 0 Å². The molecule has 0 aromatic rings. The molecule has 73 heavy (non-hydrogen) atoms. The van der Waals surface area contributed by atoms with E-state index in [1.165, 1.54) is 96.3 Å². The molecule has 0 fully saturated rings. The van der Waals surface area contributed by atoms with E-state index in [1.807, 2.05) is 0 Å². The van der Waals surface area contributed by atoms with Crippen LogP contribution in [-0.4, -0.2) is 37.2 Å². The van der Waals surface area contributed by atoms with Crippen molar-refractivity contribution in [2.24, 2.45) is 0 Å². The highest BCUT2D eigenvalue weighted by atomic mass is 16.6. The van der Waals surface area contributed by atoms with E-state index in [-0.39, 0.29) is 31.1 Å². The van der Waals surface area contributed by atoms with Crippen molar-refractivity contribution >= 4 is 17.9 Å². The van der Waals surface area contributed by atoms with E-state index in [9.17, 15) is 14.4 Å². The summed E-state index contributed by atoms with van der Waals surface area (Å²) in [6.45, 7) is 6.48. The van der Waals surface area contributed by atoms with Gasteiger partial charge in [0.05, 0.1) is 0 Å². The summed E-state index contributed by atoms with van der Waals surface area (Å²) in [6, 6.07) is 0. The molecule has 0 saturated carbocycles. The lowest BCUT2D eigenvalue weighted by Crippen LogP contribution is -2.30. The van der Waals surface area contributed by atoms with Crippen LogP contribution in [0.3, 0.4) is 0 Å². The van der Waals surface area contributed by atoms with E-state index < -0.39 is 6.10 Å². The van der Waals surface area contributed by atoms with Crippen LogP contribution in [0.4, 0.5) is 0 Å². The molecule has 0 bridgehead atoms. The number of rotatable bonds is 54. The molecule has 0 N–H and O–H groups in total. The normalized spacial score (nSPS) is 12.9. The summed E-state index contributed by atoms with van der Waals surface area (Å²) < 4.78 is 16.9. The van der Waals surface area contributed by atoms with E-state index in [0.29, 0.717) is 19.3 Å². The Morgan fingerprint density at radius 3 is 0.959 bits per heavy atom. The van der Waals surface area contributed by atoms with E-state index in [1.54, 1.807) is 0 Å². The Morgan fingerprint density at radius 1 is 0.301 bits per heavy atom. The van der Waals surface area contributed by atoms with Crippen molar-refractivity contribution in [3.63, 3.8) is 0 Å². The van der Waals surface area contributed by atoms with Gasteiger partial charge in [0.1, 0.15) is 13.2 Å². The van der Waals surface area contributed by atoms with Crippen molar-refractivity contribution in [2.75, 3.05) is 13.2 Å². The van der Waals surface area contributed by atoms with Crippen molar-refractivity contribution in [1.29, 1.82) is 0 Å². The fourth-order valence-corrected chi connectivity index (χ4v) is 8.25. The van der Waals surface area contributed by atoms with Gasteiger partial charge in [-0.1, -0.05) is 259 Å². The van der Waals surface area contributed by atoms with Crippen LogP contribution < -0.4 is 0 Å². The lowest BCUT2D eigenvalue weighted by molar-refractivity contribution is -0.167. The number of hydrogen-bond donors (Lipinski definition) is 0. The predicted octanol–water partition coefficient (Wildman–Crippen LogP) is 20.7. The zero-order valence-corrected chi connectivity index (χ0v) is 47.6. The van der Waals surface area contributed by atoms with Gasteiger partial charge in [-0.2, -0.15) is 0 Å². The highest BCUT2D eigenvalue weighted by molar-refractivity contribution is 5.71. The third-order valence-corrected chi connectivity index (χ3v) is 12.8. The molecule has 0 saturated heterocycles. The second-order valence-electron chi connectivity index (χ2n) is 20.0. The van der Waals surface area contributed by atoms with Crippen molar-refractivity contribution in [3.05, 3.63) is 109 Å². The second-order valence-corrected chi connectivity index (χ2v) is 20.0. The molecule has 416 valence electrons. The minimum absolute atomic E-state index is 0.100. The fraction of sp³-hybridized carbons (Fsp3) is 0.687. The van der Waals surface area contributed by atoms with Crippen molar-refractivity contribution in [3.8, 4) is 0 Å². The largest absolute Gasteiger partial charge is 0.462 e. The Hall–Kier alpha value is -3.93. The van der Waals surface area contributed by atoms with Gasteiger partial charge in [-0.05, 0) is 109 Å². The highest BCUT2D eigenvalue weighted by Crippen LogP contribution is 2.14. The van der Waals surface area contributed by atoms with E-state index in [4.69, 9.17) is 14.2 Å². The molecule has 0 radical (unpaired) electrons. The first kappa shape index (κ1) is 69.1. The quantitative estimate of drug-likeness (QED) is 0.0199. The summed E-state index contributed by atoms with van der Waals surface area (Å²) in [5.41, 5.74) is 0. The zero-order valence-electron chi connectivity index (χ0n) is 47.6. The molecule has 0 aromatic carbocycles. The highest BCUT2D eigenvalue weighted by Gasteiger charge is 2.19. The minimum Gasteiger partial charge on any atom is -0.462 e. The molecule has 1 unspecified atom stereocenters. The van der Waals surface area contributed by atoms with Gasteiger partial charge in [-0.25, -0.2) is 0 Å². The number of carbonyl (C=O) groups excluding carboxylic acids is 3. The van der Waals surface area contributed by atoms with E-state index in [2.05, 4.69) is 130 Å². The van der Waals surface area contributed by atoms with Crippen molar-refractivity contribution in [1.82, 2.24) is 0 Å². The number of hydrogen-bond acceptors (Lipinski definition) is 6. The summed E-state index contributed by atoms with van der Waals surface area (Å²) in [7, 11) is 0. The average molecular weight is 1010 g/mol. The lowest BCUT2D eigenvalue weighted by atomic mass is 10.1. The molecular weight excluding hydrogens is 901 g/mol. The standard InChI is InChI=1S/C67H112O6/c1-4-7-10-13-16-19-22-25-28-31-34-37-39-42-45-48-51-54-57-60-66(69)72-63-64(73-67(70)61-58-55-52-49-46-43-40-36-33-30-27-24-21-18-15-12-9-6-3)62-71-65(68)59-56-53-50-47-44-41-38-35-32-29-26-23-20-17-14-11-8-5-2/h7,10,16,19,24-25,27-30,32-38,40,64H,4-6,8-9,11-15,17-18,20-23,26,31,39,41-63H2,1-3H3/b10-7-,19-16-,27-24-,28-25-,32-29-,33-30-,37-34-,38-35-,40-36-. The number of ether oxygens (including phenoxy) is 3. The fourth-order valence-electron chi connectivity index (χ4n) is 8.25. The van der Waals surface area contributed by atoms with Gasteiger partial charge in [-0.3, -0.25) is 14.4 Å². The molecule has 1 atom stereocenters. The number of allylic oxidation sites excluding steroid dienone is 18. The second kappa shape index (κ2) is 60.6.